The highest BCUT2D eigenvalue weighted by Crippen LogP contribution is 2.14. The van der Waals surface area contributed by atoms with Crippen molar-refractivity contribution < 1.29 is 19.5 Å². The van der Waals surface area contributed by atoms with Crippen molar-refractivity contribution in [1.29, 1.82) is 0 Å². The van der Waals surface area contributed by atoms with Crippen LogP contribution in [-0.2, 0) is 16.0 Å². The number of hydrogen-bond donors (Lipinski definition) is 3. The van der Waals surface area contributed by atoms with E-state index in [0.29, 0.717) is 5.56 Å². The zero-order valence-corrected chi connectivity index (χ0v) is 16.8. The Morgan fingerprint density at radius 3 is 2.20 bits per heavy atom. The maximum Gasteiger partial charge on any atom is 0.326 e. The molecule has 3 N–H and O–H groups in total. The van der Waals surface area contributed by atoms with E-state index in [0.717, 1.165) is 10.4 Å². The van der Waals surface area contributed by atoms with Gasteiger partial charge in [-0.25, -0.2) is 4.79 Å². The fourth-order valence-electron chi connectivity index (χ4n) is 2.74. The van der Waals surface area contributed by atoms with Crippen molar-refractivity contribution in [3.63, 3.8) is 0 Å². The van der Waals surface area contributed by atoms with Crippen LogP contribution in [0.5, 0.6) is 0 Å². The first-order valence-corrected chi connectivity index (χ1v) is 10.1. The van der Waals surface area contributed by atoms with Crippen LogP contribution in [0.2, 0.25) is 0 Å². The number of benzene rings is 2. The summed E-state index contributed by atoms with van der Waals surface area (Å²) in [5.41, 5.74) is 1.15. The third-order valence-electron chi connectivity index (χ3n) is 4.24. The number of thiophene rings is 1. The van der Waals surface area contributed by atoms with Crippen molar-refractivity contribution in [3.05, 3.63) is 99.9 Å². The molecule has 0 spiro atoms. The molecule has 7 heteroatoms. The van der Waals surface area contributed by atoms with Crippen molar-refractivity contribution in [2.75, 3.05) is 0 Å². The first kappa shape index (κ1) is 21.0. The molecule has 0 saturated heterocycles. The molecule has 152 valence electrons. The molecule has 0 bridgehead atoms. The summed E-state index contributed by atoms with van der Waals surface area (Å²) < 4.78 is 0. The average molecular weight is 420 g/mol. The minimum Gasteiger partial charge on any atom is -0.480 e. The molecule has 0 saturated carbocycles. The summed E-state index contributed by atoms with van der Waals surface area (Å²) in [6.07, 6.45) is 1.66. The van der Waals surface area contributed by atoms with E-state index in [9.17, 15) is 19.5 Å². The second-order valence-corrected chi connectivity index (χ2v) is 7.43. The van der Waals surface area contributed by atoms with Crippen molar-refractivity contribution in [2.24, 2.45) is 0 Å². The van der Waals surface area contributed by atoms with E-state index in [4.69, 9.17) is 0 Å². The predicted molar refractivity (Wildman–Crippen MR) is 116 cm³/mol. The fourth-order valence-corrected chi connectivity index (χ4v) is 3.40. The molecule has 1 heterocycles. The molecule has 0 aliphatic rings. The van der Waals surface area contributed by atoms with Crippen molar-refractivity contribution >= 4 is 35.2 Å². The van der Waals surface area contributed by atoms with Crippen molar-refractivity contribution in [2.45, 2.75) is 12.5 Å². The molecule has 30 heavy (non-hydrogen) atoms. The average Bonchev–Trinajstić information content (AvgIpc) is 3.27. The van der Waals surface area contributed by atoms with E-state index in [2.05, 4.69) is 10.6 Å². The topological polar surface area (TPSA) is 95.5 Å². The van der Waals surface area contributed by atoms with Gasteiger partial charge in [-0.1, -0.05) is 54.6 Å². The van der Waals surface area contributed by atoms with E-state index >= 15 is 0 Å². The number of rotatable bonds is 8. The molecular weight excluding hydrogens is 400 g/mol. The summed E-state index contributed by atoms with van der Waals surface area (Å²) in [6, 6.07) is 20.0. The second kappa shape index (κ2) is 10.2. The number of aliphatic carboxylic acids is 1. The van der Waals surface area contributed by atoms with Gasteiger partial charge in [-0.2, -0.15) is 0 Å². The quantitative estimate of drug-likeness (QED) is 0.487. The van der Waals surface area contributed by atoms with Gasteiger partial charge in [0.25, 0.3) is 11.8 Å². The SMILES string of the molecule is O=C(N[C@H](Cc1ccccc1)C(=O)O)/C(=C\c1cccs1)NC(=O)c1ccccc1. The number of carboxylic acids is 1. The Morgan fingerprint density at radius 2 is 1.60 bits per heavy atom. The molecule has 0 aliphatic carbocycles. The monoisotopic (exact) mass is 420 g/mol. The van der Waals surface area contributed by atoms with E-state index in [1.807, 2.05) is 17.5 Å². The highest BCUT2D eigenvalue weighted by molar-refractivity contribution is 7.10. The van der Waals surface area contributed by atoms with Crippen molar-refractivity contribution in [3.8, 4) is 0 Å². The Morgan fingerprint density at radius 1 is 0.933 bits per heavy atom. The van der Waals surface area contributed by atoms with Gasteiger partial charge in [0.1, 0.15) is 11.7 Å². The van der Waals surface area contributed by atoms with E-state index in [1.165, 1.54) is 17.4 Å². The molecule has 6 nitrogen and oxygen atoms in total. The highest BCUT2D eigenvalue weighted by atomic mass is 32.1. The first-order chi connectivity index (χ1) is 14.5. The molecule has 0 radical (unpaired) electrons. The zero-order valence-electron chi connectivity index (χ0n) is 15.9. The van der Waals surface area contributed by atoms with E-state index in [1.54, 1.807) is 60.7 Å². The Bertz CT molecular complexity index is 1030. The lowest BCUT2D eigenvalue weighted by molar-refractivity contribution is -0.141. The maximum absolute atomic E-state index is 12.9. The van der Waals surface area contributed by atoms with Gasteiger partial charge < -0.3 is 15.7 Å². The van der Waals surface area contributed by atoms with Crippen LogP contribution in [0.3, 0.4) is 0 Å². The van der Waals surface area contributed by atoms with Crippen LogP contribution in [0.25, 0.3) is 6.08 Å². The molecule has 2 amide bonds. The zero-order chi connectivity index (χ0) is 21.3. The molecule has 3 aromatic rings. The lowest BCUT2D eigenvalue weighted by Gasteiger charge is -2.17. The lowest BCUT2D eigenvalue weighted by Crippen LogP contribution is -2.45. The summed E-state index contributed by atoms with van der Waals surface area (Å²) in [5.74, 6) is -2.28. The summed E-state index contributed by atoms with van der Waals surface area (Å²) in [5, 5.41) is 16.5. The third kappa shape index (κ3) is 5.89. The van der Waals surface area contributed by atoms with Gasteiger partial charge in [-0.3, -0.25) is 9.59 Å². The van der Waals surface area contributed by atoms with Crippen molar-refractivity contribution in [1.82, 2.24) is 10.6 Å². The fraction of sp³-hybridized carbons (Fsp3) is 0.0870. The summed E-state index contributed by atoms with van der Waals surface area (Å²) in [4.78, 5) is 37.9. The van der Waals surface area contributed by atoms with Crippen LogP contribution >= 0.6 is 11.3 Å². The summed E-state index contributed by atoms with van der Waals surface area (Å²) in [6.45, 7) is 0. The van der Waals surface area contributed by atoms with Crippen LogP contribution in [0.4, 0.5) is 0 Å². The minimum absolute atomic E-state index is 0.0226. The standard InChI is InChI=1S/C23H20N2O4S/c26-21(17-10-5-2-6-11-17)24-19(15-18-12-7-13-30-18)22(27)25-20(23(28)29)14-16-8-3-1-4-9-16/h1-13,15,20H,14H2,(H,24,26)(H,25,27)(H,28,29)/b19-15+/t20-/m1/s1. The molecule has 1 atom stereocenters. The van der Waals surface area contributed by atoms with Gasteiger partial charge in [0, 0.05) is 16.9 Å². The second-order valence-electron chi connectivity index (χ2n) is 6.45. The number of amides is 2. The number of nitrogens with one attached hydrogen (secondary N) is 2. The number of carbonyl (C=O) groups excluding carboxylic acids is 2. The van der Waals surface area contributed by atoms with Gasteiger partial charge in [0.2, 0.25) is 0 Å². The molecular formula is C23H20N2O4S. The lowest BCUT2D eigenvalue weighted by atomic mass is 10.1. The normalized spacial score (nSPS) is 12.1. The van der Waals surface area contributed by atoms with Gasteiger partial charge >= 0.3 is 5.97 Å². The Hall–Kier alpha value is -3.71. The summed E-state index contributed by atoms with van der Waals surface area (Å²) >= 11 is 1.40. The van der Waals surface area contributed by atoms with Crippen LogP contribution in [0.1, 0.15) is 20.8 Å². The van der Waals surface area contributed by atoms with Gasteiger partial charge in [0.05, 0.1) is 0 Å². The molecule has 2 aromatic carbocycles. The van der Waals surface area contributed by atoms with Crippen LogP contribution in [0, 0.1) is 0 Å². The van der Waals surface area contributed by atoms with Crippen LogP contribution in [0.15, 0.2) is 83.9 Å². The smallest absolute Gasteiger partial charge is 0.326 e. The maximum atomic E-state index is 12.9. The molecule has 0 aliphatic heterocycles. The molecule has 1 aromatic heterocycles. The number of carbonyl (C=O) groups is 3. The molecule has 0 fully saturated rings. The highest BCUT2D eigenvalue weighted by Gasteiger charge is 2.23. The number of hydrogen-bond acceptors (Lipinski definition) is 4. The van der Waals surface area contributed by atoms with Gasteiger partial charge in [0.15, 0.2) is 0 Å². The summed E-state index contributed by atoms with van der Waals surface area (Å²) in [7, 11) is 0. The minimum atomic E-state index is -1.16. The van der Waals surface area contributed by atoms with Gasteiger partial charge in [-0.15, -0.1) is 11.3 Å². The molecule has 3 rings (SSSR count). The van der Waals surface area contributed by atoms with Crippen LogP contribution < -0.4 is 10.6 Å². The van der Waals surface area contributed by atoms with Crippen LogP contribution in [-0.4, -0.2) is 28.9 Å². The Balaban J connectivity index is 1.80. The third-order valence-corrected chi connectivity index (χ3v) is 5.06. The van der Waals surface area contributed by atoms with Gasteiger partial charge in [-0.05, 0) is 35.2 Å². The molecule has 0 unspecified atom stereocenters. The van der Waals surface area contributed by atoms with E-state index in [-0.39, 0.29) is 12.1 Å². The van der Waals surface area contributed by atoms with E-state index < -0.39 is 23.8 Å². The Kier molecular flexibility index (Phi) is 7.13. The predicted octanol–water partition coefficient (Wildman–Crippen LogP) is 3.33. The number of carboxylic acid groups (broad SMARTS) is 1. The largest absolute Gasteiger partial charge is 0.480 e. The Labute approximate surface area is 177 Å². The first-order valence-electron chi connectivity index (χ1n) is 9.22.